The fourth-order valence-electron chi connectivity index (χ4n) is 2.75. The van der Waals surface area contributed by atoms with Crippen LogP contribution in [0.2, 0.25) is 0 Å². The molecule has 0 unspecified atom stereocenters. The second-order valence-corrected chi connectivity index (χ2v) is 6.48. The zero-order chi connectivity index (χ0) is 19.9. The molecule has 3 rings (SSSR count). The monoisotopic (exact) mass is 380 g/mol. The van der Waals surface area contributed by atoms with Gasteiger partial charge in [0.25, 0.3) is 5.91 Å². The van der Waals surface area contributed by atoms with Gasteiger partial charge in [-0.05, 0) is 38.1 Å². The van der Waals surface area contributed by atoms with Crippen LogP contribution in [-0.2, 0) is 6.61 Å². The lowest BCUT2D eigenvalue weighted by Gasteiger charge is -2.19. The Bertz CT molecular complexity index is 902. The molecule has 0 radical (unpaired) electrons. The Kier molecular flexibility index (Phi) is 6.32. The molecule has 6 heteroatoms. The zero-order valence-corrected chi connectivity index (χ0v) is 16.3. The van der Waals surface area contributed by atoms with Gasteiger partial charge in [0.15, 0.2) is 0 Å². The third kappa shape index (κ3) is 4.71. The van der Waals surface area contributed by atoms with Crippen molar-refractivity contribution in [1.29, 1.82) is 0 Å². The molecule has 146 valence electrons. The maximum atomic E-state index is 12.9. The van der Waals surface area contributed by atoms with Crippen LogP contribution in [0.1, 0.15) is 27.4 Å². The minimum atomic E-state index is -0.119. The summed E-state index contributed by atoms with van der Waals surface area (Å²) in [6.45, 7) is 4.88. The van der Waals surface area contributed by atoms with Crippen molar-refractivity contribution >= 4 is 5.91 Å². The largest absolute Gasteiger partial charge is 0.492 e. The van der Waals surface area contributed by atoms with Gasteiger partial charge in [-0.25, -0.2) is 0 Å². The van der Waals surface area contributed by atoms with Crippen LogP contribution < -0.4 is 9.47 Å². The van der Waals surface area contributed by atoms with E-state index < -0.39 is 0 Å². The van der Waals surface area contributed by atoms with E-state index in [1.165, 1.54) is 0 Å². The topological polar surface area (TPSA) is 64.8 Å². The number of likely N-dealkylation sites (N-methyl/N-ethyl adjacent to an activating group) is 1. The van der Waals surface area contributed by atoms with E-state index in [4.69, 9.17) is 14.0 Å². The average molecular weight is 380 g/mol. The molecule has 1 heterocycles. The zero-order valence-electron chi connectivity index (χ0n) is 16.3. The maximum Gasteiger partial charge on any atom is 0.257 e. The number of carbonyl (C=O) groups is 1. The first-order chi connectivity index (χ1) is 13.6. The summed E-state index contributed by atoms with van der Waals surface area (Å²) < 4.78 is 16.7. The van der Waals surface area contributed by atoms with Gasteiger partial charge in [0, 0.05) is 7.05 Å². The van der Waals surface area contributed by atoms with E-state index in [1.807, 2.05) is 56.3 Å². The number of hydrogen-bond acceptors (Lipinski definition) is 5. The average Bonchev–Trinajstić information content (AvgIpc) is 3.04. The van der Waals surface area contributed by atoms with E-state index in [0.717, 1.165) is 22.8 Å². The van der Waals surface area contributed by atoms with Crippen LogP contribution >= 0.6 is 0 Å². The van der Waals surface area contributed by atoms with Gasteiger partial charge in [0.05, 0.1) is 23.4 Å². The first-order valence-electron chi connectivity index (χ1n) is 9.13. The molecule has 1 amide bonds. The smallest absolute Gasteiger partial charge is 0.257 e. The molecule has 0 saturated heterocycles. The molecular formula is C22H24N2O4. The van der Waals surface area contributed by atoms with Crippen molar-refractivity contribution in [1.82, 2.24) is 10.1 Å². The molecule has 0 fully saturated rings. The summed E-state index contributed by atoms with van der Waals surface area (Å²) >= 11 is 0. The molecule has 0 saturated carbocycles. The van der Waals surface area contributed by atoms with Crippen molar-refractivity contribution in [2.45, 2.75) is 20.5 Å². The first kappa shape index (κ1) is 19.5. The van der Waals surface area contributed by atoms with Crippen molar-refractivity contribution < 1.29 is 18.8 Å². The van der Waals surface area contributed by atoms with Crippen LogP contribution in [0.25, 0.3) is 0 Å². The molecule has 0 spiro atoms. The van der Waals surface area contributed by atoms with Gasteiger partial charge in [0.2, 0.25) is 0 Å². The highest BCUT2D eigenvalue weighted by Crippen LogP contribution is 2.22. The van der Waals surface area contributed by atoms with Crippen molar-refractivity contribution in [2.75, 3.05) is 20.2 Å². The van der Waals surface area contributed by atoms with Crippen molar-refractivity contribution in [3.05, 3.63) is 77.2 Å². The number of hydrogen-bond donors (Lipinski definition) is 0. The first-order valence-corrected chi connectivity index (χ1v) is 9.13. The van der Waals surface area contributed by atoms with Gasteiger partial charge >= 0.3 is 0 Å². The van der Waals surface area contributed by atoms with Crippen molar-refractivity contribution in [2.24, 2.45) is 0 Å². The molecule has 28 heavy (non-hydrogen) atoms. The van der Waals surface area contributed by atoms with Crippen molar-refractivity contribution in [3.8, 4) is 11.5 Å². The number of benzene rings is 2. The van der Waals surface area contributed by atoms with Crippen LogP contribution in [-0.4, -0.2) is 36.2 Å². The van der Waals surface area contributed by atoms with Gasteiger partial charge in [-0.15, -0.1) is 0 Å². The molecule has 1 aromatic heterocycles. The van der Waals surface area contributed by atoms with E-state index in [1.54, 1.807) is 24.1 Å². The predicted molar refractivity (Wildman–Crippen MR) is 106 cm³/mol. The molecule has 2 aromatic carbocycles. The van der Waals surface area contributed by atoms with Crippen molar-refractivity contribution in [3.63, 3.8) is 0 Å². The van der Waals surface area contributed by atoms with E-state index in [9.17, 15) is 4.79 Å². The molecule has 0 aliphatic heterocycles. The molecule has 0 atom stereocenters. The maximum absolute atomic E-state index is 12.9. The van der Waals surface area contributed by atoms with Crippen LogP contribution in [0.3, 0.4) is 0 Å². The normalized spacial score (nSPS) is 10.5. The Balaban J connectivity index is 1.61. The number of rotatable bonds is 8. The number of para-hydroxylation sites is 2. The molecule has 0 N–H and O–H groups in total. The number of ether oxygens (including phenoxy) is 2. The second-order valence-electron chi connectivity index (χ2n) is 6.48. The fraction of sp³-hybridized carbons (Fsp3) is 0.273. The Labute approximate surface area is 164 Å². The third-order valence-corrected chi connectivity index (χ3v) is 4.46. The minimum absolute atomic E-state index is 0.119. The van der Waals surface area contributed by atoms with E-state index in [2.05, 4.69) is 5.16 Å². The third-order valence-electron chi connectivity index (χ3n) is 4.46. The number of amides is 1. The van der Waals surface area contributed by atoms with Crippen LogP contribution in [0.4, 0.5) is 0 Å². The quantitative estimate of drug-likeness (QED) is 0.590. The lowest BCUT2D eigenvalue weighted by atomic mass is 10.1. The summed E-state index contributed by atoms with van der Waals surface area (Å²) in [6.07, 6.45) is 0. The van der Waals surface area contributed by atoms with Crippen LogP contribution in [0, 0.1) is 13.8 Å². The number of carbonyl (C=O) groups excluding carboxylic acids is 1. The van der Waals surface area contributed by atoms with Crippen LogP contribution in [0.5, 0.6) is 11.5 Å². The lowest BCUT2D eigenvalue weighted by Crippen LogP contribution is -2.31. The Morgan fingerprint density at radius 2 is 1.75 bits per heavy atom. The van der Waals surface area contributed by atoms with E-state index >= 15 is 0 Å². The Morgan fingerprint density at radius 3 is 2.46 bits per heavy atom. The second kappa shape index (κ2) is 9.08. The summed E-state index contributed by atoms with van der Waals surface area (Å²) in [5.41, 5.74) is 2.19. The molecule has 3 aromatic rings. The number of aryl methyl sites for hydroxylation is 2. The predicted octanol–water partition coefficient (Wildman–Crippen LogP) is 4.02. The fourth-order valence-corrected chi connectivity index (χ4v) is 2.75. The van der Waals surface area contributed by atoms with Gasteiger partial charge in [-0.3, -0.25) is 4.79 Å². The molecular weight excluding hydrogens is 356 g/mol. The van der Waals surface area contributed by atoms with E-state index in [-0.39, 0.29) is 5.91 Å². The van der Waals surface area contributed by atoms with Crippen LogP contribution in [0.15, 0.2) is 59.1 Å². The van der Waals surface area contributed by atoms with Gasteiger partial charge in [0.1, 0.15) is 30.5 Å². The highest BCUT2D eigenvalue weighted by molar-refractivity contribution is 5.96. The summed E-state index contributed by atoms with van der Waals surface area (Å²) in [6, 6.07) is 16.8. The summed E-state index contributed by atoms with van der Waals surface area (Å²) in [7, 11) is 1.75. The highest BCUT2D eigenvalue weighted by Gasteiger charge is 2.18. The highest BCUT2D eigenvalue weighted by atomic mass is 16.5. The summed E-state index contributed by atoms with van der Waals surface area (Å²) in [5, 5.41) is 3.93. The summed E-state index contributed by atoms with van der Waals surface area (Å²) in [5.74, 6) is 1.91. The number of aromatic nitrogens is 1. The van der Waals surface area contributed by atoms with Gasteiger partial charge in [-0.1, -0.05) is 35.5 Å². The minimum Gasteiger partial charge on any atom is -0.492 e. The SMILES string of the molecule is Cc1noc(C)c1COc1ccccc1C(=O)N(C)CCOc1ccccc1. The number of nitrogens with zero attached hydrogens (tertiary/aromatic N) is 2. The Morgan fingerprint density at radius 1 is 1.04 bits per heavy atom. The van der Waals surface area contributed by atoms with Gasteiger partial charge < -0.3 is 18.9 Å². The Hall–Kier alpha value is -3.28. The van der Waals surface area contributed by atoms with E-state index in [0.29, 0.717) is 31.1 Å². The molecule has 0 bridgehead atoms. The molecule has 0 aliphatic rings. The molecule has 6 nitrogen and oxygen atoms in total. The summed E-state index contributed by atoms with van der Waals surface area (Å²) in [4.78, 5) is 14.5. The molecule has 0 aliphatic carbocycles. The lowest BCUT2D eigenvalue weighted by molar-refractivity contribution is 0.0769. The standard InChI is InChI=1S/C22H24N2O4/c1-16-20(17(2)28-23-16)15-27-21-12-8-7-11-19(21)22(25)24(3)13-14-26-18-9-5-4-6-10-18/h4-12H,13-15H2,1-3H3. The van der Waals surface area contributed by atoms with Gasteiger partial charge in [-0.2, -0.15) is 0 Å².